The Morgan fingerprint density at radius 1 is 0.914 bits per heavy atom. The van der Waals surface area contributed by atoms with Gasteiger partial charge in [-0.05, 0) is 55.5 Å². The van der Waals surface area contributed by atoms with Crippen LogP contribution in [-0.2, 0) is 0 Å². The molecule has 2 N–H and O–H groups in total. The van der Waals surface area contributed by atoms with Gasteiger partial charge in [0, 0.05) is 42.6 Å². The lowest BCUT2D eigenvalue weighted by Crippen LogP contribution is -2.49. The highest BCUT2D eigenvalue weighted by molar-refractivity contribution is 6.15. The lowest BCUT2D eigenvalue weighted by Gasteiger charge is -2.36. The molecule has 3 aromatic carbocycles. The number of fused-ring (bicyclic) bond motifs is 1. The molecule has 0 aliphatic carbocycles. The highest BCUT2D eigenvalue weighted by atomic mass is 19.1. The Morgan fingerprint density at radius 2 is 1.63 bits per heavy atom. The molecule has 1 aromatic heterocycles. The Bertz CT molecular complexity index is 1410. The molecule has 1 aliphatic rings. The van der Waals surface area contributed by atoms with Gasteiger partial charge in [-0.15, -0.1) is 0 Å². The van der Waals surface area contributed by atoms with Crippen molar-refractivity contribution in [1.82, 2.24) is 9.88 Å². The fourth-order valence-corrected chi connectivity index (χ4v) is 4.40. The van der Waals surface area contributed by atoms with Crippen LogP contribution in [0, 0.1) is 18.6 Å². The van der Waals surface area contributed by atoms with E-state index in [1.54, 1.807) is 23.1 Å². The van der Waals surface area contributed by atoms with Crippen molar-refractivity contribution in [3.63, 3.8) is 0 Å². The van der Waals surface area contributed by atoms with Crippen LogP contribution >= 0.6 is 0 Å². The summed E-state index contributed by atoms with van der Waals surface area (Å²) in [7, 11) is 0. The normalized spacial score (nSPS) is 13.8. The first kappa shape index (κ1) is 22.6. The zero-order chi connectivity index (χ0) is 24.5. The predicted molar refractivity (Wildman–Crippen MR) is 132 cm³/mol. The average molecular weight is 475 g/mol. The number of nitrogens with one attached hydrogen (secondary N) is 2. The van der Waals surface area contributed by atoms with Gasteiger partial charge in [-0.1, -0.05) is 23.8 Å². The molecular formula is C27H24F2N4O2. The molecule has 6 nitrogen and oxygen atoms in total. The van der Waals surface area contributed by atoms with Gasteiger partial charge in [-0.25, -0.2) is 8.78 Å². The SMILES string of the molecule is Cc1ccc2[nH]c(C(=O)N3CCN(c4ccccc4F)CC3)c(NC(=O)c3ccc(F)cc3)c2c1. The van der Waals surface area contributed by atoms with Crippen LogP contribution in [-0.4, -0.2) is 47.9 Å². The third-order valence-corrected chi connectivity index (χ3v) is 6.27. The van der Waals surface area contributed by atoms with Crippen molar-refractivity contribution in [2.24, 2.45) is 0 Å². The Morgan fingerprint density at radius 3 is 2.34 bits per heavy atom. The number of para-hydroxylation sites is 1. The number of hydrogen-bond donors (Lipinski definition) is 2. The number of H-pyrrole nitrogens is 1. The summed E-state index contributed by atoms with van der Waals surface area (Å²) in [6, 6.07) is 17.5. The van der Waals surface area contributed by atoms with E-state index in [0.29, 0.717) is 42.9 Å². The van der Waals surface area contributed by atoms with Crippen LogP contribution in [0.15, 0.2) is 66.7 Å². The molecule has 5 rings (SSSR count). The number of amides is 2. The molecule has 0 unspecified atom stereocenters. The Hall–Kier alpha value is -4.20. The minimum Gasteiger partial charge on any atom is -0.366 e. The molecule has 1 saturated heterocycles. The van der Waals surface area contributed by atoms with Crippen LogP contribution < -0.4 is 10.2 Å². The molecule has 2 heterocycles. The third-order valence-electron chi connectivity index (χ3n) is 6.27. The fourth-order valence-electron chi connectivity index (χ4n) is 4.40. The second kappa shape index (κ2) is 9.21. The minimum atomic E-state index is -0.439. The zero-order valence-corrected chi connectivity index (χ0v) is 19.1. The number of hydrogen-bond acceptors (Lipinski definition) is 3. The van der Waals surface area contributed by atoms with Gasteiger partial charge in [0.25, 0.3) is 11.8 Å². The summed E-state index contributed by atoms with van der Waals surface area (Å²) < 4.78 is 27.5. The summed E-state index contributed by atoms with van der Waals surface area (Å²) in [6.45, 7) is 3.73. The summed E-state index contributed by atoms with van der Waals surface area (Å²) in [5.41, 5.74) is 3.17. The van der Waals surface area contributed by atoms with E-state index >= 15 is 0 Å². The van der Waals surface area contributed by atoms with E-state index in [-0.39, 0.29) is 23.0 Å². The first-order chi connectivity index (χ1) is 16.9. The first-order valence-corrected chi connectivity index (χ1v) is 11.4. The van der Waals surface area contributed by atoms with Crippen LogP contribution in [0.4, 0.5) is 20.2 Å². The van der Waals surface area contributed by atoms with Crippen LogP contribution in [0.3, 0.4) is 0 Å². The highest BCUT2D eigenvalue weighted by Gasteiger charge is 2.28. The van der Waals surface area contributed by atoms with E-state index in [0.717, 1.165) is 11.1 Å². The first-order valence-electron chi connectivity index (χ1n) is 11.4. The molecule has 178 valence electrons. The minimum absolute atomic E-state index is 0.249. The molecule has 0 spiro atoms. The van der Waals surface area contributed by atoms with Crippen molar-refractivity contribution in [2.75, 3.05) is 36.4 Å². The van der Waals surface area contributed by atoms with E-state index in [9.17, 15) is 18.4 Å². The van der Waals surface area contributed by atoms with Gasteiger partial charge < -0.3 is 20.1 Å². The highest BCUT2D eigenvalue weighted by Crippen LogP contribution is 2.31. The molecular weight excluding hydrogens is 450 g/mol. The van der Waals surface area contributed by atoms with Gasteiger partial charge in [0.05, 0.1) is 11.4 Å². The molecule has 2 amide bonds. The number of nitrogens with zero attached hydrogens (tertiary/aromatic N) is 2. The molecule has 35 heavy (non-hydrogen) atoms. The third kappa shape index (κ3) is 4.47. The molecule has 4 aromatic rings. The number of aromatic nitrogens is 1. The van der Waals surface area contributed by atoms with E-state index in [4.69, 9.17) is 0 Å². The summed E-state index contributed by atoms with van der Waals surface area (Å²) in [6.07, 6.45) is 0. The van der Waals surface area contributed by atoms with Crippen molar-refractivity contribution < 1.29 is 18.4 Å². The Kier molecular flexibility index (Phi) is 5.94. The van der Waals surface area contributed by atoms with Crippen LogP contribution in [0.5, 0.6) is 0 Å². The van der Waals surface area contributed by atoms with Gasteiger partial charge in [0.2, 0.25) is 0 Å². The van der Waals surface area contributed by atoms with E-state index < -0.39 is 11.7 Å². The number of piperazine rings is 1. The van der Waals surface area contributed by atoms with Crippen LogP contribution in [0.25, 0.3) is 10.9 Å². The molecule has 0 saturated carbocycles. The van der Waals surface area contributed by atoms with Gasteiger partial charge in [0.1, 0.15) is 17.3 Å². The smallest absolute Gasteiger partial charge is 0.272 e. The Balaban J connectivity index is 1.41. The lowest BCUT2D eigenvalue weighted by molar-refractivity contribution is 0.0742. The van der Waals surface area contributed by atoms with Crippen molar-refractivity contribution in [3.05, 3.63) is 95.2 Å². The summed E-state index contributed by atoms with van der Waals surface area (Å²) in [4.78, 5) is 33.3. The number of anilines is 2. The molecule has 0 atom stereocenters. The number of rotatable bonds is 4. The van der Waals surface area contributed by atoms with Gasteiger partial charge >= 0.3 is 0 Å². The number of carbonyl (C=O) groups is 2. The quantitative estimate of drug-likeness (QED) is 0.439. The summed E-state index contributed by atoms with van der Waals surface area (Å²) in [5, 5.41) is 3.57. The standard InChI is InChI=1S/C27H24F2N4O2/c1-17-6-11-22-20(16-17)24(31-26(34)18-7-9-19(28)10-8-18)25(30-22)27(35)33-14-12-32(13-15-33)23-5-3-2-4-21(23)29/h2-11,16,30H,12-15H2,1H3,(H,31,34). The number of halogens is 2. The summed E-state index contributed by atoms with van der Waals surface area (Å²) in [5.74, 6) is -1.41. The number of aryl methyl sites for hydroxylation is 1. The fraction of sp³-hybridized carbons (Fsp3) is 0.185. The molecule has 0 radical (unpaired) electrons. The lowest BCUT2D eigenvalue weighted by atomic mass is 10.1. The maximum absolute atomic E-state index is 14.2. The van der Waals surface area contributed by atoms with Crippen molar-refractivity contribution >= 4 is 34.1 Å². The largest absolute Gasteiger partial charge is 0.366 e. The van der Waals surface area contributed by atoms with Gasteiger partial charge in [0.15, 0.2) is 0 Å². The molecule has 0 bridgehead atoms. The van der Waals surface area contributed by atoms with Crippen molar-refractivity contribution in [1.29, 1.82) is 0 Å². The second-order valence-electron chi connectivity index (χ2n) is 8.62. The number of carbonyl (C=O) groups excluding carboxylic acids is 2. The van der Waals surface area contributed by atoms with Gasteiger partial charge in [-0.2, -0.15) is 0 Å². The van der Waals surface area contributed by atoms with Crippen molar-refractivity contribution in [2.45, 2.75) is 6.92 Å². The van der Waals surface area contributed by atoms with Crippen LogP contribution in [0.2, 0.25) is 0 Å². The average Bonchev–Trinajstić information content (AvgIpc) is 3.21. The molecule has 1 fully saturated rings. The number of aromatic amines is 1. The van der Waals surface area contributed by atoms with Crippen molar-refractivity contribution in [3.8, 4) is 0 Å². The maximum atomic E-state index is 14.2. The van der Waals surface area contributed by atoms with E-state index in [2.05, 4.69) is 10.3 Å². The van der Waals surface area contributed by atoms with Crippen LogP contribution in [0.1, 0.15) is 26.4 Å². The molecule has 1 aliphatic heterocycles. The van der Waals surface area contributed by atoms with E-state index in [1.807, 2.05) is 30.0 Å². The topological polar surface area (TPSA) is 68.4 Å². The van der Waals surface area contributed by atoms with Gasteiger partial charge in [-0.3, -0.25) is 9.59 Å². The Labute approximate surface area is 201 Å². The maximum Gasteiger partial charge on any atom is 0.272 e. The number of benzene rings is 3. The molecule has 8 heteroatoms. The summed E-state index contributed by atoms with van der Waals surface area (Å²) >= 11 is 0. The monoisotopic (exact) mass is 474 g/mol. The van der Waals surface area contributed by atoms with E-state index in [1.165, 1.54) is 30.3 Å². The second-order valence-corrected chi connectivity index (χ2v) is 8.62. The zero-order valence-electron chi connectivity index (χ0n) is 19.1. The predicted octanol–water partition coefficient (Wildman–Crippen LogP) is 4.97.